The fraction of sp³-hybridized carbons (Fsp3) is 0.381. The van der Waals surface area contributed by atoms with E-state index in [-0.39, 0.29) is 6.10 Å². The summed E-state index contributed by atoms with van der Waals surface area (Å²) in [4.78, 5) is 2.13. The number of methoxy groups -OCH3 is 1. The highest BCUT2D eigenvalue weighted by atomic mass is 35.5. The molecule has 144 valence electrons. The lowest BCUT2D eigenvalue weighted by atomic mass is 10.1. The second-order valence-corrected chi connectivity index (χ2v) is 7.48. The average molecular weight is 405 g/mol. The number of rotatable bonds is 6. The van der Waals surface area contributed by atoms with Gasteiger partial charge in [0.1, 0.15) is 5.75 Å². The molecule has 0 radical (unpaired) electrons. The first-order valence-corrected chi connectivity index (χ1v) is 9.91. The molecule has 0 saturated carbocycles. The van der Waals surface area contributed by atoms with Crippen LogP contribution in [0.3, 0.4) is 0 Å². The lowest BCUT2D eigenvalue weighted by Crippen LogP contribution is -2.39. The van der Waals surface area contributed by atoms with Crippen molar-refractivity contribution in [3.63, 3.8) is 0 Å². The minimum absolute atomic E-state index is 0.187. The summed E-state index contributed by atoms with van der Waals surface area (Å²) in [5, 5.41) is 4.63. The second-order valence-electron chi connectivity index (χ2n) is 6.69. The Balaban J connectivity index is 1.81. The van der Waals surface area contributed by atoms with Crippen molar-refractivity contribution in [2.24, 2.45) is 0 Å². The zero-order chi connectivity index (χ0) is 19.2. The van der Waals surface area contributed by atoms with Gasteiger partial charge in [-0.15, -0.1) is 0 Å². The van der Waals surface area contributed by atoms with E-state index in [1.165, 1.54) is 0 Å². The van der Waals surface area contributed by atoms with Crippen molar-refractivity contribution in [1.29, 1.82) is 0 Å². The number of halogens is 1. The molecule has 1 aliphatic rings. The maximum absolute atomic E-state index is 6.37. The van der Waals surface area contributed by atoms with Gasteiger partial charge in [-0.3, -0.25) is 0 Å². The summed E-state index contributed by atoms with van der Waals surface area (Å²) in [6.07, 6.45) is 2.33. The maximum Gasteiger partial charge on any atom is 0.173 e. The van der Waals surface area contributed by atoms with Gasteiger partial charge in [0.2, 0.25) is 0 Å². The highest BCUT2D eigenvalue weighted by Crippen LogP contribution is 2.27. The molecule has 1 aliphatic heterocycles. The van der Waals surface area contributed by atoms with E-state index < -0.39 is 0 Å². The fourth-order valence-electron chi connectivity index (χ4n) is 3.27. The van der Waals surface area contributed by atoms with Gasteiger partial charge in [0, 0.05) is 25.3 Å². The first-order valence-electron chi connectivity index (χ1n) is 9.13. The Hall–Kier alpha value is -1.82. The molecule has 0 amide bonds. The number of para-hydroxylation sites is 2. The van der Waals surface area contributed by atoms with Crippen LogP contribution in [0.4, 0.5) is 5.69 Å². The number of hydrogen-bond acceptors (Lipinski definition) is 3. The second kappa shape index (κ2) is 9.40. The lowest BCUT2D eigenvalue weighted by Gasteiger charge is -2.29. The van der Waals surface area contributed by atoms with Crippen molar-refractivity contribution in [2.45, 2.75) is 32.4 Å². The molecule has 1 heterocycles. The van der Waals surface area contributed by atoms with Crippen LogP contribution in [0, 0.1) is 6.92 Å². The van der Waals surface area contributed by atoms with Crippen LogP contribution < -0.4 is 10.1 Å². The van der Waals surface area contributed by atoms with Gasteiger partial charge in [0.05, 0.1) is 23.9 Å². The summed E-state index contributed by atoms with van der Waals surface area (Å²) in [5.41, 5.74) is 2.98. The van der Waals surface area contributed by atoms with E-state index in [1.807, 2.05) is 43.3 Å². The van der Waals surface area contributed by atoms with E-state index in [2.05, 4.69) is 16.3 Å². The number of anilines is 1. The Kier molecular flexibility index (Phi) is 6.94. The summed E-state index contributed by atoms with van der Waals surface area (Å²) in [5.74, 6) is 0.853. The van der Waals surface area contributed by atoms with E-state index in [0.717, 1.165) is 48.6 Å². The molecule has 1 N–H and O–H groups in total. The molecule has 27 heavy (non-hydrogen) atoms. The van der Waals surface area contributed by atoms with Gasteiger partial charge in [-0.25, -0.2) is 0 Å². The predicted molar refractivity (Wildman–Crippen MR) is 115 cm³/mol. The minimum atomic E-state index is 0.187. The number of thiocarbonyl (C=S) groups is 1. The van der Waals surface area contributed by atoms with Gasteiger partial charge in [0.15, 0.2) is 5.11 Å². The standard InChI is InChI=1S/C21H25ClN2O2S/c1-15-7-5-10-18(22)20(15)23-21(27)24(14-17-9-6-12-26-17)13-16-8-3-4-11-19(16)25-2/h3-5,7-8,10-11,17H,6,9,12-14H2,1-2H3,(H,23,27)/t17-/m1/s1. The number of benzene rings is 2. The third-order valence-electron chi connectivity index (χ3n) is 4.74. The van der Waals surface area contributed by atoms with Crippen LogP contribution in [0.5, 0.6) is 5.75 Å². The normalized spacial score (nSPS) is 16.2. The molecule has 0 bridgehead atoms. The third kappa shape index (κ3) is 5.12. The summed E-state index contributed by atoms with van der Waals surface area (Å²) in [6, 6.07) is 13.8. The molecule has 0 unspecified atom stereocenters. The minimum Gasteiger partial charge on any atom is -0.496 e. The number of hydrogen-bond donors (Lipinski definition) is 1. The van der Waals surface area contributed by atoms with E-state index >= 15 is 0 Å². The Bertz CT molecular complexity index is 773. The third-order valence-corrected chi connectivity index (χ3v) is 5.42. The van der Waals surface area contributed by atoms with Crippen molar-refractivity contribution in [1.82, 2.24) is 4.90 Å². The van der Waals surface area contributed by atoms with Crippen molar-refractivity contribution >= 4 is 34.6 Å². The zero-order valence-corrected chi connectivity index (χ0v) is 17.3. The molecule has 4 nitrogen and oxygen atoms in total. The average Bonchev–Trinajstić information content (AvgIpc) is 3.17. The number of aryl methyl sites for hydroxylation is 1. The Morgan fingerprint density at radius 3 is 2.81 bits per heavy atom. The molecule has 6 heteroatoms. The van der Waals surface area contributed by atoms with Crippen LogP contribution >= 0.6 is 23.8 Å². The summed E-state index contributed by atoms with van der Waals surface area (Å²) < 4.78 is 11.3. The number of nitrogens with one attached hydrogen (secondary N) is 1. The van der Waals surface area contributed by atoms with Crippen LogP contribution in [0.25, 0.3) is 0 Å². The highest BCUT2D eigenvalue weighted by molar-refractivity contribution is 7.80. The van der Waals surface area contributed by atoms with Gasteiger partial charge >= 0.3 is 0 Å². The van der Waals surface area contributed by atoms with Crippen LogP contribution in [0.1, 0.15) is 24.0 Å². The fourth-order valence-corrected chi connectivity index (χ4v) is 3.78. The molecule has 1 fully saturated rings. The quantitative estimate of drug-likeness (QED) is 0.682. The molecule has 2 aromatic carbocycles. The molecule has 1 atom stereocenters. The van der Waals surface area contributed by atoms with Crippen molar-refractivity contribution < 1.29 is 9.47 Å². The Morgan fingerprint density at radius 2 is 2.11 bits per heavy atom. The van der Waals surface area contributed by atoms with Crippen LogP contribution in [-0.2, 0) is 11.3 Å². The molecule has 2 aromatic rings. The Morgan fingerprint density at radius 1 is 1.30 bits per heavy atom. The zero-order valence-electron chi connectivity index (χ0n) is 15.7. The number of nitrogens with zero attached hydrogens (tertiary/aromatic N) is 1. The van der Waals surface area contributed by atoms with E-state index in [1.54, 1.807) is 7.11 Å². The van der Waals surface area contributed by atoms with E-state index in [0.29, 0.717) is 16.7 Å². The van der Waals surface area contributed by atoms with Crippen LogP contribution in [-0.4, -0.2) is 36.4 Å². The first-order chi connectivity index (χ1) is 13.1. The maximum atomic E-state index is 6.37. The molecule has 0 aliphatic carbocycles. The largest absolute Gasteiger partial charge is 0.496 e. The van der Waals surface area contributed by atoms with E-state index in [4.69, 9.17) is 33.3 Å². The summed E-state index contributed by atoms with van der Waals surface area (Å²) in [6.45, 7) is 4.20. The van der Waals surface area contributed by atoms with Crippen molar-refractivity contribution in [3.05, 3.63) is 58.6 Å². The van der Waals surface area contributed by atoms with Crippen LogP contribution in [0.2, 0.25) is 5.02 Å². The van der Waals surface area contributed by atoms with Crippen molar-refractivity contribution in [3.8, 4) is 5.75 Å². The van der Waals surface area contributed by atoms with Gasteiger partial charge in [-0.1, -0.05) is 41.9 Å². The SMILES string of the molecule is COc1ccccc1CN(C[C@H]1CCCO1)C(=S)Nc1c(C)cccc1Cl. The van der Waals surface area contributed by atoms with Gasteiger partial charge < -0.3 is 19.7 Å². The molecule has 0 aromatic heterocycles. The van der Waals surface area contributed by atoms with E-state index in [9.17, 15) is 0 Å². The van der Waals surface area contributed by atoms with Gasteiger partial charge in [0.25, 0.3) is 0 Å². The molecular formula is C21H25ClN2O2S. The predicted octanol–water partition coefficient (Wildman–Crippen LogP) is 5.04. The smallest absolute Gasteiger partial charge is 0.173 e. The molecule has 1 saturated heterocycles. The molecule has 0 spiro atoms. The van der Waals surface area contributed by atoms with Gasteiger partial charge in [-0.05, 0) is 49.7 Å². The monoisotopic (exact) mass is 404 g/mol. The Labute approximate surface area is 171 Å². The first kappa shape index (κ1) is 19.9. The highest BCUT2D eigenvalue weighted by Gasteiger charge is 2.22. The topological polar surface area (TPSA) is 33.7 Å². The summed E-state index contributed by atoms with van der Waals surface area (Å²) >= 11 is 12.1. The summed E-state index contributed by atoms with van der Waals surface area (Å²) in [7, 11) is 1.69. The van der Waals surface area contributed by atoms with Gasteiger partial charge in [-0.2, -0.15) is 0 Å². The molecular weight excluding hydrogens is 380 g/mol. The number of ether oxygens (including phenoxy) is 2. The van der Waals surface area contributed by atoms with Crippen LogP contribution in [0.15, 0.2) is 42.5 Å². The van der Waals surface area contributed by atoms with Crippen molar-refractivity contribution in [2.75, 3.05) is 25.6 Å². The molecule has 3 rings (SSSR count). The lowest BCUT2D eigenvalue weighted by molar-refractivity contribution is 0.0903.